The summed E-state index contributed by atoms with van der Waals surface area (Å²) in [6.07, 6.45) is 5.07. The van der Waals surface area contributed by atoms with Crippen LogP contribution in [0, 0.1) is 6.92 Å². The Kier molecular flexibility index (Phi) is 2.29. The summed E-state index contributed by atoms with van der Waals surface area (Å²) in [5, 5.41) is 10.2. The molecule has 3 nitrogen and oxygen atoms in total. The molecule has 1 aromatic rings. The van der Waals surface area contributed by atoms with Crippen molar-refractivity contribution in [1.29, 1.82) is 0 Å². The van der Waals surface area contributed by atoms with Gasteiger partial charge in [0.05, 0.1) is 11.7 Å². The van der Waals surface area contributed by atoms with E-state index < -0.39 is 5.60 Å². The highest BCUT2D eigenvalue weighted by molar-refractivity contribution is 5.26. The molecule has 0 radical (unpaired) electrons. The van der Waals surface area contributed by atoms with E-state index in [0.717, 1.165) is 11.1 Å². The maximum atomic E-state index is 10.2. The molecule has 0 unspecified atom stereocenters. The number of methoxy groups -OCH3 is 1. The average molecular weight is 193 g/mol. The van der Waals surface area contributed by atoms with E-state index in [1.54, 1.807) is 19.5 Å². The molecular formula is C11H15NO2. The number of hydrogen-bond acceptors (Lipinski definition) is 3. The van der Waals surface area contributed by atoms with Gasteiger partial charge in [-0.2, -0.15) is 0 Å². The third-order valence-electron chi connectivity index (χ3n) is 2.88. The van der Waals surface area contributed by atoms with Crippen molar-refractivity contribution in [2.24, 2.45) is 0 Å². The molecule has 0 amide bonds. The summed E-state index contributed by atoms with van der Waals surface area (Å²) in [7, 11) is 1.68. The van der Waals surface area contributed by atoms with Crippen LogP contribution in [0.5, 0.6) is 0 Å². The Labute approximate surface area is 83.7 Å². The van der Waals surface area contributed by atoms with Crippen LogP contribution >= 0.6 is 0 Å². The van der Waals surface area contributed by atoms with Crippen LogP contribution in [-0.2, 0) is 10.3 Å². The number of hydrogen-bond donors (Lipinski definition) is 1. The summed E-state index contributed by atoms with van der Waals surface area (Å²) in [6.45, 7) is 1.98. The van der Waals surface area contributed by atoms with Crippen LogP contribution in [0.25, 0.3) is 0 Å². The van der Waals surface area contributed by atoms with Crippen LogP contribution in [0.3, 0.4) is 0 Å². The minimum atomic E-state index is -0.709. The van der Waals surface area contributed by atoms with Crippen molar-refractivity contribution in [2.75, 3.05) is 7.11 Å². The monoisotopic (exact) mass is 193 g/mol. The lowest BCUT2D eigenvalue weighted by Crippen LogP contribution is -2.45. The molecule has 14 heavy (non-hydrogen) atoms. The van der Waals surface area contributed by atoms with Crippen molar-refractivity contribution < 1.29 is 9.84 Å². The zero-order valence-electron chi connectivity index (χ0n) is 8.53. The van der Waals surface area contributed by atoms with Crippen molar-refractivity contribution >= 4 is 0 Å². The highest BCUT2D eigenvalue weighted by atomic mass is 16.5. The summed E-state index contributed by atoms with van der Waals surface area (Å²) in [5.74, 6) is 0. The van der Waals surface area contributed by atoms with E-state index in [1.807, 2.05) is 13.0 Å². The van der Waals surface area contributed by atoms with Crippen molar-refractivity contribution in [1.82, 2.24) is 4.98 Å². The molecule has 0 aromatic carbocycles. The SMILES string of the molecule is COC1CC(O)(c2cncc(C)c2)C1. The van der Waals surface area contributed by atoms with Gasteiger partial charge in [0.2, 0.25) is 0 Å². The Bertz CT molecular complexity index is 332. The molecule has 0 spiro atoms. The van der Waals surface area contributed by atoms with Crippen LogP contribution in [0.4, 0.5) is 0 Å². The van der Waals surface area contributed by atoms with Crippen molar-refractivity contribution in [3.63, 3.8) is 0 Å². The second kappa shape index (κ2) is 3.33. The molecule has 0 atom stereocenters. The molecule has 76 valence electrons. The van der Waals surface area contributed by atoms with E-state index in [1.165, 1.54) is 0 Å². The fourth-order valence-electron chi connectivity index (χ4n) is 1.91. The molecule has 1 fully saturated rings. The van der Waals surface area contributed by atoms with Crippen molar-refractivity contribution in [3.05, 3.63) is 29.6 Å². The van der Waals surface area contributed by atoms with E-state index in [2.05, 4.69) is 4.98 Å². The lowest BCUT2D eigenvalue weighted by Gasteiger charge is -2.42. The molecule has 1 aliphatic carbocycles. The maximum Gasteiger partial charge on any atom is 0.0960 e. The lowest BCUT2D eigenvalue weighted by molar-refractivity contribution is -0.133. The predicted octanol–water partition coefficient (Wildman–Crippen LogP) is 1.39. The fourth-order valence-corrected chi connectivity index (χ4v) is 1.91. The van der Waals surface area contributed by atoms with E-state index in [9.17, 15) is 5.11 Å². The molecule has 1 heterocycles. The smallest absolute Gasteiger partial charge is 0.0960 e. The Morgan fingerprint density at radius 2 is 2.21 bits per heavy atom. The van der Waals surface area contributed by atoms with E-state index in [-0.39, 0.29) is 6.10 Å². The largest absolute Gasteiger partial charge is 0.385 e. The van der Waals surface area contributed by atoms with Gasteiger partial charge in [-0.05, 0) is 12.5 Å². The highest BCUT2D eigenvalue weighted by Crippen LogP contribution is 2.42. The zero-order valence-corrected chi connectivity index (χ0v) is 8.53. The van der Waals surface area contributed by atoms with Gasteiger partial charge in [0.15, 0.2) is 0 Å². The summed E-state index contributed by atoms with van der Waals surface area (Å²) in [6, 6.07) is 1.98. The van der Waals surface area contributed by atoms with Crippen molar-refractivity contribution in [3.8, 4) is 0 Å². The molecule has 0 bridgehead atoms. The number of aromatic nitrogens is 1. The second-order valence-corrected chi connectivity index (χ2v) is 4.05. The van der Waals surface area contributed by atoms with E-state index in [4.69, 9.17) is 4.74 Å². The first-order chi connectivity index (χ1) is 6.64. The van der Waals surface area contributed by atoms with Gasteiger partial charge in [0.25, 0.3) is 0 Å². The van der Waals surface area contributed by atoms with Crippen molar-refractivity contribution in [2.45, 2.75) is 31.5 Å². The number of nitrogens with zero attached hydrogens (tertiary/aromatic N) is 1. The molecule has 1 saturated carbocycles. The average Bonchev–Trinajstić information content (AvgIpc) is 2.13. The maximum absolute atomic E-state index is 10.2. The third kappa shape index (κ3) is 1.53. The number of pyridine rings is 1. The van der Waals surface area contributed by atoms with E-state index >= 15 is 0 Å². The van der Waals surface area contributed by atoms with E-state index in [0.29, 0.717) is 12.8 Å². The molecule has 0 aliphatic heterocycles. The number of rotatable bonds is 2. The van der Waals surface area contributed by atoms with Crippen LogP contribution in [0.2, 0.25) is 0 Å². The lowest BCUT2D eigenvalue weighted by atomic mass is 9.73. The Morgan fingerprint density at radius 3 is 2.79 bits per heavy atom. The van der Waals surface area contributed by atoms with Crippen LogP contribution < -0.4 is 0 Å². The first-order valence-electron chi connectivity index (χ1n) is 4.81. The Hall–Kier alpha value is -0.930. The number of aryl methyl sites for hydroxylation is 1. The van der Waals surface area contributed by atoms with Gasteiger partial charge in [-0.1, -0.05) is 6.07 Å². The normalized spacial score (nSPS) is 31.2. The number of ether oxygens (including phenoxy) is 1. The standard InChI is InChI=1S/C11H15NO2/c1-8-3-9(7-12-6-8)11(13)4-10(5-11)14-2/h3,6-7,10,13H,4-5H2,1-2H3. The van der Waals surface area contributed by atoms with Crippen LogP contribution in [-0.4, -0.2) is 23.3 Å². The topological polar surface area (TPSA) is 42.4 Å². The molecule has 1 aromatic heterocycles. The highest BCUT2D eigenvalue weighted by Gasteiger charge is 2.44. The van der Waals surface area contributed by atoms with Gasteiger partial charge < -0.3 is 9.84 Å². The summed E-state index contributed by atoms with van der Waals surface area (Å²) >= 11 is 0. The molecule has 2 rings (SSSR count). The molecular weight excluding hydrogens is 178 g/mol. The van der Waals surface area contributed by atoms with Gasteiger partial charge in [-0.3, -0.25) is 4.98 Å². The molecule has 1 aliphatic rings. The minimum Gasteiger partial charge on any atom is -0.385 e. The van der Waals surface area contributed by atoms with Gasteiger partial charge in [-0.25, -0.2) is 0 Å². The Balaban J connectivity index is 2.16. The number of aliphatic hydroxyl groups is 1. The summed E-state index contributed by atoms with van der Waals surface area (Å²) < 4.78 is 5.15. The van der Waals surface area contributed by atoms with Crippen LogP contribution in [0.15, 0.2) is 18.5 Å². The van der Waals surface area contributed by atoms with Crippen LogP contribution in [0.1, 0.15) is 24.0 Å². The zero-order chi connectivity index (χ0) is 10.2. The van der Waals surface area contributed by atoms with Gasteiger partial charge in [0.1, 0.15) is 0 Å². The molecule has 0 saturated heterocycles. The first-order valence-corrected chi connectivity index (χ1v) is 4.81. The van der Waals surface area contributed by atoms with Gasteiger partial charge in [-0.15, -0.1) is 0 Å². The molecule has 1 N–H and O–H groups in total. The fraction of sp³-hybridized carbons (Fsp3) is 0.545. The molecule has 3 heteroatoms. The first kappa shape index (κ1) is 9.62. The summed E-state index contributed by atoms with van der Waals surface area (Å²) in [4.78, 5) is 4.08. The quantitative estimate of drug-likeness (QED) is 0.771. The Morgan fingerprint density at radius 1 is 1.50 bits per heavy atom. The second-order valence-electron chi connectivity index (χ2n) is 4.05. The third-order valence-corrected chi connectivity index (χ3v) is 2.88. The minimum absolute atomic E-state index is 0.195. The predicted molar refractivity (Wildman–Crippen MR) is 52.9 cm³/mol. The van der Waals surface area contributed by atoms with Gasteiger partial charge >= 0.3 is 0 Å². The van der Waals surface area contributed by atoms with Gasteiger partial charge in [0, 0.05) is 37.9 Å². The summed E-state index contributed by atoms with van der Waals surface area (Å²) in [5.41, 5.74) is 1.28.